The summed E-state index contributed by atoms with van der Waals surface area (Å²) in [6.07, 6.45) is 0. The van der Waals surface area contributed by atoms with Crippen LogP contribution in [0.3, 0.4) is 0 Å². The standard InChI is InChI=1S/C37H23BrN2/c38-26-21-19-24(20-22-26)37-32-15-8-14-28(36(32)31-13-1-4-16-33(31)39-37)25-9-7-10-27(23-25)40-34-17-5-2-11-29(34)30-12-3-6-18-35(30)40/h1-23H. The van der Waals surface area contributed by atoms with E-state index < -0.39 is 0 Å². The molecule has 6 aromatic carbocycles. The van der Waals surface area contributed by atoms with Crippen molar-refractivity contribution in [2.45, 2.75) is 0 Å². The molecule has 2 nitrogen and oxygen atoms in total. The number of hydrogen-bond acceptors (Lipinski definition) is 1. The van der Waals surface area contributed by atoms with Gasteiger partial charge in [-0.1, -0.05) is 113 Å². The van der Waals surface area contributed by atoms with Crippen molar-refractivity contribution in [3.05, 3.63) is 144 Å². The first kappa shape index (κ1) is 23.2. The SMILES string of the molecule is Brc1ccc(-c2nc3ccccc3c3c(-c4cccc(-n5c6ccccc6c6ccccc65)c4)cccc23)cc1. The fourth-order valence-corrected chi connectivity index (χ4v) is 6.35. The lowest BCUT2D eigenvalue weighted by atomic mass is 9.93. The smallest absolute Gasteiger partial charge is 0.0788 e. The molecule has 8 rings (SSSR count). The van der Waals surface area contributed by atoms with Crippen molar-refractivity contribution >= 4 is 59.4 Å². The van der Waals surface area contributed by atoms with Crippen LogP contribution in [-0.2, 0) is 0 Å². The lowest BCUT2D eigenvalue weighted by Crippen LogP contribution is -1.95. The number of pyridine rings is 1. The second-order valence-electron chi connectivity index (χ2n) is 10.1. The molecule has 8 aromatic rings. The van der Waals surface area contributed by atoms with Gasteiger partial charge in [0.2, 0.25) is 0 Å². The second kappa shape index (κ2) is 9.18. The van der Waals surface area contributed by atoms with Gasteiger partial charge in [0.15, 0.2) is 0 Å². The molecule has 0 saturated heterocycles. The van der Waals surface area contributed by atoms with Crippen molar-refractivity contribution in [2.75, 3.05) is 0 Å². The van der Waals surface area contributed by atoms with Gasteiger partial charge in [0, 0.05) is 42.7 Å². The fraction of sp³-hybridized carbons (Fsp3) is 0. The number of para-hydroxylation sites is 3. The van der Waals surface area contributed by atoms with Crippen LogP contribution in [0.5, 0.6) is 0 Å². The molecule has 0 atom stereocenters. The van der Waals surface area contributed by atoms with E-state index in [-0.39, 0.29) is 0 Å². The maximum Gasteiger partial charge on any atom is 0.0788 e. The summed E-state index contributed by atoms with van der Waals surface area (Å²) in [4.78, 5) is 5.15. The van der Waals surface area contributed by atoms with E-state index in [0.29, 0.717) is 0 Å². The Bertz CT molecular complexity index is 2170. The Morgan fingerprint density at radius 1 is 0.500 bits per heavy atom. The van der Waals surface area contributed by atoms with E-state index >= 15 is 0 Å². The van der Waals surface area contributed by atoms with Crippen molar-refractivity contribution in [1.82, 2.24) is 9.55 Å². The van der Waals surface area contributed by atoms with E-state index in [1.165, 1.54) is 38.3 Å². The van der Waals surface area contributed by atoms with Crippen LogP contribution in [0.4, 0.5) is 0 Å². The van der Waals surface area contributed by atoms with E-state index in [9.17, 15) is 0 Å². The van der Waals surface area contributed by atoms with Crippen LogP contribution < -0.4 is 0 Å². The minimum Gasteiger partial charge on any atom is -0.309 e. The second-order valence-corrected chi connectivity index (χ2v) is 11.0. The van der Waals surface area contributed by atoms with E-state index in [1.54, 1.807) is 0 Å². The zero-order chi connectivity index (χ0) is 26.6. The molecule has 0 radical (unpaired) electrons. The van der Waals surface area contributed by atoms with Gasteiger partial charge < -0.3 is 4.57 Å². The summed E-state index contributed by atoms with van der Waals surface area (Å²) in [7, 11) is 0. The van der Waals surface area contributed by atoms with Crippen LogP contribution in [0, 0.1) is 0 Å². The van der Waals surface area contributed by atoms with E-state index in [4.69, 9.17) is 4.98 Å². The van der Waals surface area contributed by atoms with Gasteiger partial charge in [-0.2, -0.15) is 0 Å². The molecular formula is C37H23BrN2. The van der Waals surface area contributed by atoms with Crippen molar-refractivity contribution in [2.24, 2.45) is 0 Å². The van der Waals surface area contributed by atoms with Gasteiger partial charge in [-0.05, 0) is 53.6 Å². The number of benzene rings is 6. The van der Waals surface area contributed by atoms with Gasteiger partial charge in [0.1, 0.15) is 0 Å². The molecule has 40 heavy (non-hydrogen) atoms. The molecule has 188 valence electrons. The lowest BCUT2D eigenvalue weighted by molar-refractivity contribution is 1.18. The molecule has 0 N–H and O–H groups in total. The van der Waals surface area contributed by atoms with Gasteiger partial charge in [-0.15, -0.1) is 0 Å². The molecule has 0 bridgehead atoms. The molecule has 0 saturated carbocycles. The molecule has 0 aliphatic rings. The Labute approximate surface area is 240 Å². The minimum absolute atomic E-state index is 0.999. The molecule has 0 aliphatic heterocycles. The van der Waals surface area contributed by atoms with Crippen LogP contribution in [0.15, 0.2) is 144 Å². The summed E-state index contributed by atoms with van der Waals surface area (Å²) in [5, 5.41) is 6.08. The molecule has 3 heteroatoms. The van der Waals surface area contributed by atoms with Gasteiger partial charge in [0.05, 0.1) is 22.2 Å². The Morgan fingerprint density at radius 2 is 1.12 bits per heavy atom. The number of hydrogen-bond donors (Lipinski definition) is 0. The van der Waals surface area contributed by atoms with E-state index in [0.717, 1.165) is 37.7 Å². The molecule has 2 aromatic heterocycles. The average molecular weight is 576 g/mol. The molecule has 0 unspecified atom stereocenters. The van der Waals surface area contributed by atoms with Crippen molar-refractivity contribution in [3.8, 4) is 28.1 Å². The highest BCUT2D eigenvalue weighted by molar-refractivity contribution is 9.10. The first-order valence-corrected chi connectivity index (χ1v) is 14.2. The molecule has 0 amide bonds. The highest BCUT2D eigenvalue weighted by Crippen LogP contribution is 2.40. The highest BCUT2D eigenvalue weighted by atomic mass is 79.9. The molecule has 0 spiro atoms. The lowest BCUT2D eigenvalue weighted by Gasteiger charge is -2.15. The summed E-state index contributed by atoms with van der Waals surface area (Å²) in [6.45, 7) is 0. The van der Waals surface area contributed by atoms with Gasteiger partial charge in [-0.3, -0.25) is 0 Å². The van der Waals surface area contributed by atoms with Crippen LogP contribution in [0.25, 0.3) is 71.6 Å². The number of nitrogens with zero attached hydrogens (tertiary/aromatic N) is 2. The molecule has 0 fully saturated rings. The highest BCUT2D eigenvalue weighted by Gasteiger charge is 2.16. The molecule has 0 aliphatic carbocycles. The first-order valence-electron chi connectivity index (χ1n) is 13.4. The third-order valence-corrected chi connectivity index (χ3v) is 8.37. The van der Waals surface area contributed by atoms with Crippen LogP contribution in [0.1, 0.15) is 0 Å². The van der Waals surface area contributed by atoms with Crippen molar-refractivity contribution in [3.63, 3.8) is 0 Å². The number of rotatable bonds is 3. The Hall–Kier alpha value is -4.73. The maximum atomic E-state index is 5.15. The Kier molecular flexibility index (Phi) is 5.32. The summed E-state index contributed by atoms with van der Waals surface area (Å²) < 4.78 is 3.44. The number of halogens is 1. The minimum atomic E-state index is 0.999. The first-order chi connectivity index (χ1) is 19.8. The van der Waals surface area contributed by atoms with Gasteiger partial charge in [0.25, 0.3) is 0 Å². The largest absolute Gasteiger partial charge is 0.309 e. The predicted molar refractivity (Wildman–Crippen MR) is 172 cm³/mol. The van der Waals surface area contributed by atoms with E-state index in [1.807, 2.05) is 0 Å². The van der Waals surface area contributed by atoms with E-state index in [2.05, 4.69) is 160 Å². The van der Waals surface area contributed by atoms with Crippen molar-refractivity contribution < 1.29 is 0 Å². The Balaban J connectivity index is 1.41. The summed E-state index contributed by atoms with van der Waals surface area (Å²) in [5.41, 5.74) is 9.08. The summed E-state index contributed by atoms with van der Waals surface area (Å²) in [6, 6.07) is 49.8. The molecule has 2 heterocycles. The van der Waals surface area contributed by atoms with Gasteiger partial charge >= 0.3 is 0 Å². The quantitative estimate of drug-likeness (QED) is 0.192. The third kappa shape index (κ3) is 3.59. The average Bonchev–Trinajstić information content (AvgIpc) is 3.35. The van der Waals surface area contributed by atoms with Crippen LogP contribution >= 0.6 is 15.9 Å². The van der Waals surface area contributed by atoms with Crippen LogP contribution in [-0.4, -0.2) is 9.55 Å². The topological polar surface area (TPSA) is 17.8 Å². The normalized spacial score (nSPS) is 11.6. The zero-order valence-corrected chi connectivity index (χ0v) is 23.1. The molecular weight excluding hydrogens is 552 g/mol. The number of aromatic nitrogens is 2. The van der Waals surface area contributed by atoms with Crippen molar-refractivity contribution in [1.29, 1.82) is 0 Å². The monoisotopic (exact) mass is 574 g/mol. The maximum absolute atomic E-state index is 5.15. The predicted octanol–water partition coefficient (Wildman–Crippen LogP) is 10.6. The zero-order valence-electron chi connectivity index (χ0n) is 21.6. The summed E-state index contributed by atoms with van der Waals surface area (Å²) >= 11 is 3.58. The summed E-state index contributed by atoms with van der Waals surface area (Å²) in [5.74, 6) is 0. The van der Waals surface area contributed by atoms with Crippen LogP contribution in [0.2, 0.25) is 0 Å². The number of fused-ring (bicyclic) bond motifs is 6. The Morgan fingerprint density at radius 3 is 1.88 bits per heavy atom. The third-order valence-electron chi connectivity index (χ3n) is 7.84. The fourth-order valence-electron chi connectivity index (χ4n) is 6.08. The van der Waals surface area contributed by atoms with Gasteiger partial charge in [-0.25, -0.2) is 4.98 Å².